The molecule has 4 heterocycles. The minimum Gasteiger partial charge on any atom is -0.292 e. The van der Waals surface area contributed by atoms with Gasteiger partial charge >= 0.3 is 0 Å². The molecule has 4 rings (SSSR count). The maximum Gasteiger partial charge on any atom is 0.188 e. The molecule has 0 aliphatic carbocycles. The highest BCUT2D eigenvalue weighted by molar-refractivity contribution is 6.16. The first kappa shape index (κ1) is 15.0. The highest BCUT2D eigenvalue weighted by Crippen LogP contribution is 2.40. The maximum atomic E-state index is 13.1. The second kappa shape index (κ2) is 6.13. The van der Waals surface area contributed by atoms with Crippen molar-refractivity contribution in [2.45, 2.75) is 24.9 Å². The Bertz CT molecular complexity index is 744. The van der Waals surface area contributed by atoms with Crippen LogP contribution in [0.5, 0.6) is 0 Å². The summed E-state index contributed by atoms with van der Waals surface area (Å²) in [7, 11) is 2.10. The van der Waals surface area contributed by atoms with Crippen LogP contribution < -0.4 is 0 Å². The van der Waals surface area contributed by atoms with Crippen LogP contribution in [0.25, 0.3) is 12.2 Å². The molecule has 0 aromatic carbocycles. The molecule has 24 heavy (non-hydrogen) atoms. The van der Waals surface area contributed by atoms with Gasteiger partial charge in [-0.05, 0) is 56.3 Å². The van der Waals surface area contributed by atoms with Crippen LogP contribution in [0.1, 0.15) is 24.2 Å². The predicted octanol–water partition coefficient (Wildman–Crippen LogP) is 2.99. The first-order valence-corrected chi connectivity index (χ1v) is 8.26. The Morgan fingerprint density at radius 2 is 1.42 bits per heavy atom. The topological polar surface area (TPSA) is 46.1 Å². The largest absolute Gasteiger partial charge is 0.292 e. The van der Waals surface area contributed by atoms with Crippen LogP contribution in [-0.2, 0) is 4.79 Å². The van der Waals surface area contributed by atoms with Crippen LogP contribution in [0.3, 0.4) is 0 Å². The number of Topliss-reactive ketones (excluding diaryl/α,β-unsaturated/α-hetero) is 1. The molecule has 4 nitrogen and oxygen atoms in total. The van der Waals surface area contributed by atoms with Crippen molar-refractivity contribution in [3.8, 4) is 0 Å². The van der Waals surface area contributed by atoms with E-state index in [1.54, 1.807) is 12.4 Å². The summed E-state index contributed by atoms with van der Waals surface area (Å²) in [5, 5.41) is 0. The molecule has 2 aliphatic heterocycles. The maximum absolute atomic E-state index is 13.1. The molecular formula is C20H19N3O. The van der Waals surface area contributed by atoms with Crippen LogP contribution in [0.4, 0.5) is 0 Å². The number of rotatable bonds is 2. The lowest BCUT2D eigenvalue weighted by Crippen LogP contribution is -2.43. The summed E-state index contributed by atoms with van der Waals surface area (Å²) in [5.74, 6) is 0.136. The van der Waals surface area contributed by atoms with Gasteiger partial charge in [0.25, 0.3) is 0 Å². The van der Waals surface area contributed by atoms with Crippen molar-refractivity contribution >= 4 is 17.9 Å². The summed E-state index contributed by atoms with van der Waals surface area (Å²) >= 11 is 0. The number of ketones is 1. The molecule has 120 valence electrons. The highest BCUT2D eigenvalue weighted by Gasteiger charge is 2.44. The van der Waals surface area contributed by atoms with Crippen molar-refractivity contribution in [3.63, 3.8) is 0 Å². The van der Waals surface area contributed by atoms with E-state index in [1.807, 2.05) is 48.6 Å². The average Bonchev–Trinajstić information content (AvgIpc) is 2.93. The SMILES string of the molecule is CN1[C@@H]2CC[C@@H]1/C(=C/c1ccccn1)C(=O)/C2=C\c1ccccn1. The minimum atomic E-state index is 0.136. The van der Waals surface area contributed by atoms with Crippen LogP contribution in [0.2, 0.25) is 0 Å². The summed E-state index contributed by atoms with van der Waals surface area (Å²) in [6.45, 7) is 0. The minimum absolute atomic E-state index is 0.136. The standard InChI is InChI=1S/C20H19N3O/c1-23-18-8-9-19(23)17(13-15-7-3-5-11-22-15)20(24)16(18)12-14-6-2-4-10-21-14/h2-7,10-13,18-19H,8-9H2,1H3/b16-12-,17-13-/t18-,19-/m1/s1. The first-order valence-electron chi connectivity index (χ1n) is 8.26. The Morgan fingerprint density at radius 1 is 0.917 bits per heavy atom. The van der Waals surface area contributed by atoms with Crippen LogP contribution in [-0.4, -0.2) is 39.8 Å². The lowest BCUT2D eigenvalue weighted by atomic mass is 9.89. The number of carbonyl (C=O) groups excluding carboxylic acids is 1. The van der Waals surface area contributed by atoms with Crippen molar-refractivity contribution < 1.29 is 4.79 Å². The molecule has 2 fully saturated rings. The predicted molar refractivity (Wildman–Crippen MR) is 94.0 cm³/mol. The number of piperidine rings is 1. The Balaban J connectivity index is 1.78. The van der Waals surface area contributed by atoms with Gasteiger partial charge in [-0.1, -0.05) is 12.1 Å². The number of aromatic nitrogens is 2. The van der Waals surface area contributed by atoms with E-state index in [0.29, 0.717) is 0 Å². The molecule has 2 aromatic heterocycles. The van der Waals surface area contributed by atoms with Crippen LogP contribution >= 0.6 is 0 Å². The molecule has 0 unspecified atom stereocenters. The number of fused-ring (bicyclic) bond motifs is 2. The van der Waals surface area contributed by atoms with Gasteiger partial charge in [0.2, 0.25) is 0 Å². The van der Waals surface area contributed by atoms with Gasteiger partial charge in [-0.25, -0.2) is 0 Å². The number of pyridine rings is 2. The zero-order valence-electron chi connectivity index (χ0n) is 13.6. The molecule has 4 heteroatoms. The monoisotopic (exact) mass is 317 g/mol. The van der Waals surface area contributed by atoms with Crippen molar-refractivity contribution in [1.82, 2.24) is 14.9 Å². The van der Waals surface area contributed by atoms with Gasteiger partial charge in [-0.3, -0.25) is 19.7 Å². The summed E-state index contributed by atoms with van der Waals surface area (Å²) < 4.78 is 0. The number of hydrogen-bond acceptors (Lipinski definition) is 4. The number of likely N-dealkylation sites (N-methyl/N-ethyl adjacent to an activating group) is 1. The van der Waals surface area contributed by atoms with Crippen molar-refractivity contribution in [3.05, 3.63) is 71.3 Å². The fourth-order valence-corrected chi connectivity index (χ4v) is 3.72. The van der Waals surface area contributed by atoms with Crippen LogP contribution in [0.15, 0.2) is 59.9 Å². The van der Waals surface area contributed by atoms with E-state index in [0.717, 1.165) is 35.4 Å². The van der Waals surface area contributed by atoms with Gasteiger partial charge in [0.1, 0.15) is 0 Å². The molecule has 0 saturated carbocycles. The second-order valence-electron chi connectivity index (χ2n) is 6.31. The summed E-state index contributed by atoms with van der Waals surface area (Å²) in [6, 6.07) is 11.9. The molecular weight excluding hydrogens is 298 g/mol. The Morgan fingerprint density at radius 3 is 1.83 bits per heavy atom. The summed E-state index contributed by atoms with van der Waals surface area (Å²) in [6.07, 6.45) is 9.40. The van der Waals surface area contributed by atoms with E-state index in [1.165, 1.54) is 0 Å². The first-order chi connectivity index (χ1) is 11.7. The molecule has 0 spiro atoms. The average molecular weight is 317 g/mol. The van der Waals surface area contributed by atoms with E-state index < -0.39 is 0 Å². The van der Waals surface area contributed by atoms with Gasteiger partial charge in [-0.15, -0.1) is 0 Å². The van der Waals surface area contributed by atoms with Crippen molar-refractivity contribution in [2.24, 2.45) is 0 Å². The molecule has 0 amide bonds. The molecule has 2 aromatic rings. The molecule has 0 radical (unpaired) electrons. The van der Waals surface area contributed by atoms with Crippen molar-refractivity contribution in [2.75, 3.05) is 7.05 Å². The fraction of sp³-hybridized carbons (Fsp3) is 0.250. The zero-order valence-corrected chi connectivity index (χ0v) is 13.6. The van der Waals surface area contributed by atoms with E-state index >= 15 is 0 Å². The van der Waals surface area contributed by atoms with Gasteiger partial charge in [0.15, 0.2) is 5.78 Å². The third-order valence-corrected chi connectivity index (χ3v) is 4.92. The fourth-order valence-electron chi connectivity index (χ4n) is 3.72. The zero-order chi connectivity index (χ0) is 16.5. The second-order valence-corrected chi connectivity index (χ2v) is 6.31. The highest BCUT2D eigenvalue weighted by atomic mass is 16.1. The third-order valence-electron chi connectivity index (χ3n) is 4.92. The van der Waals surface area contributed by atoms with Crippen LogP contribution in [0, 0.1) is 0 Å². The van der Waals surface area contributed by atoms with Gasteiger partial charge in [0.05, 0.1) is 11.4 Å². The molecule has 2 saturated heterocycles. The van der Waals surface area contributed by atoms with Crippen molar-refractivity contribution in [1.29, 1.82) is 0 Å². The summed E-state index contributed by atoms with van der Waals surface area (Å²) in [4.78, 5) is 24.1. The Kier molecular flexibility index (Phi) is 3.82. The molecule has 2 atom stereocenters. The summed E-state index contributed by atoms with van der Waals surface area (Å²) in [5.41, 5.74) is 3.34. The lowest BCUT2D eigenvalue weighted by Gasteiger charge is -2.34. The van der Waals surface area contributed by atoms with Gasteiger partial charge < -0.3 is 0 Å². The van der Waals surface area contributed by atoms with E-state index in [2.05, 4.69) is 21.9 Å². The smallest absolute Gasteiger partial charge is 0.188 e. The molecule has 2 bridgehead atoms. The number of nitrogens with zero attached hydrogens (tertiary/aromatic N) is 3. The Labute approximate surface area is 141 Å². The third kappa shape index (κ3) is 2.59. The van der Waals surface area contributed by atoms with Gasteiger partial charge in [-0.2, -0.15) is 0 Å². The lowest BCUT2D eigenvalue weighted by molar-refractivity contribution is -0.114. The molecule has 2 aliphatic rings. The number of hydrogen-bond donors (Lipinski definition) is 0. The number of carbonyl (C=O) groups is 1. The van der Waals surface area contributed by atoms with E-state index in [9.17, 15) is 4.79 Å². The quantitative estimate of drug-likeness (QED) is 0.799. The Hall–Kier alpha value is -2.59. The van der Waals surface area contributed by atoms with E-state index in [4.69, 9.17) is 0 Å². The molecule has 0 N–H and O–H groups in total. The van der Waals surface area contributed by atoms with Gasteiger partial charge in [0, 0.05) is 35.6 Å². The normalized spacial score (nSPS) is 27.1. The van der Waals surface area contributed by atoms with E-state index in [-0.39, 0.29) is 17.9 Å².